The molecule has 1 N–H and O–H groups in total. The van der Waals surface area contributed by atoms with Gasteiger partial charge in [0.1, 0.15) is 5.54 Å². The van der Waals surface area contributed by atoms with Crippen molar-refractivity contribution in [1.82, 2.24) is 15.1 Å². The standard InChI is InChI=1S/C15H25N3O2/c1-4-8-16-15(14(19)20-5-2)7-6-13(9-15)18-11-12(3)10-17-18/h10-11,13,16H,4-9H2,1-3H3. The Hall–Kier alpha value is -1.36. The average Bonchev–Trinajstić information content (AvgIpc) is 3.04. The van der Waals surface area contributed by atoms with Crippen LogP contribution in [0.5, 0.6) is 0 Å². The molecule has 2 rings (SSSR count). The first-order valence-electron chi connectivity index (χ1n) is 7.54. The number of ether oxygens (including phenoxy) is 1. The fraction of sp³-hybridized carbons (Fsp3) is 0.733. The maximum Gasteiger partial charge on any atom is 0.326 e. The Labute approximate surface area is 120 Å². The van der Waals surface area contributed by atoms with Crippen molar-refractivity contribution in [3.63, 3.8) is 0 Å². The van der Waals surface area contributed by atoms with Gasteiger partial charge in [0.25, 0.3) is 0 Å². The van der Waals surface area contributed by atoms with E-state index in [9.17, 15) is 4.79 Å². The van der Waals surface area contributed by atoms with Crippen LogP contribution in [0.1, 0.15) is 51.1 Å². The molecule has 0 aliphatic heterocycles. The second-order valence-electron chi connectivity index (χ2n) is 5.62. The summed E-state index contributed by atoms with van der Waals surface area (Å²) >= 11 is 0. The highest BCUT2D eigenvalue weighted by Gasteiger charge is 2.46. The number of esters is 1. The van der Waals surface area contributed by atoms with E-state index in [0.717, 1.165) is 37.8 Å². The van der Waals surface area contributed by atoms with Gasteiger partial charge >= 0.3 is 5.97 Å². The van der Waals surface area contributed by atoms with Gasteiger partial charge in [-0.15, -0.1) is 0 Å². The fourth-order valence-electron chi connectivity index (χ4n) is 2.93. The Balaban J connectivity index is 2.11. The molecule has 1 fully saturated rings. The number of hydrogen-bond donors (Lipinski definition) is 1. The van der Waals surface area contributed by atoms with E-state index in [1.807, 2.05) is 30.9 Å². The van der Waals surface area contributed by atoms with Crippen LogP contribution in [-0.4, -0.2) is 34.4 Å². The predicted octanol–water partition coefficient (Wildman–Crippen LogP) is 2.22. The summed E-state index contributed by atoms with van der Waals surface area (Å²) in [6, 6.07) is 0.275. The van der Waals surface area contributed by atoms with E-state index in [1.54, 1.807) is 0 Å². The van der Waals surface area contributed by atoms with E-state index in [2.05, 4.69) is 17.3 Å². The topological polar surface area (TPSA) is 56.1 Å². The lowest BCUT2D eigenvalue weighted by Gasteiger charge is -2.28. The summed E-state index contributed by atoms with van der Waals surface area (Å²) in [6.07, 6.45) is 7.45. The largest absolute Gasteiger partial charge is 0.465 e. The molecule has 0 bridgehead atoms. The molecule has 0 saturated heterocycles. The molecule has 0 amide bonds. The van der Waals surface area contributed by atoms with Crippen LogP contribution in [-0.2, 0) is 9.53 Å². The van der Waals surface area contributed by atoms with Crippen molar-refractivity contribution >= 4 is 5.97 Å². The van der Waals surface area contributed by atoms with Gasteiger partial charge in [0.15, 0.2) is 0 Å². The minimum absolute atomic E-state index is 0.111. The molecule has 0 aromatic carbocycles. The Morgan fingerprint density at radius 3 is 3.00 bits per heavy atom. The van der Waals surface area contributed by atoms with Gasteiger partial charge in [-0.2, -0.15) is 5.10 Å². The number of carbonyl (C=O) groups is 1. The first-order chi connectivity index (χ1) is 9.61. The molecule has 2 atom stereocenters. The smallest absolute Gasteiger partial charge is 0.326 e. The minimum Gasteiger partial charge on any atom is -0.465 e. The van der Waals surface area contributed by atoms with Gasteiger partial charge in [0, 0.05) is 6.20 Å². The highest BCUT2D eigenvalue weighted by atomic mass is 16.5. The van der Waals surface area contributed by atoms with Crippen molar-refractivity contribution in [2.45, 2.75) is 58.0 Å². The van der Waals surface area contributed by atoms with Gasteiger partial charge in [-0.3, -0.25) is 9.48 Å². The second kappa shape index (κ2) is 6.39. The van der Waals surface area contributed by atoms with Crippen LogP contribution in [0.2, 0.25) is 0 Å². The molecule has 1 aliphatic carbocycles. The molecule has 0 spiro atoms. The molecule has 1 aromatic rings. The molecule has 2 unspecified atom stereocenters. The summed E-state index contributed by atoms with van der Waals surface area (Å²) in [5, 5.41) is 7.81. The molecule has 20 heavy (non-hydrogen) atoms. The van der Waals surface area contributed by atoms with E-state index >= 15 is 0 Å². The first-order valence-corrected chi connectivity index (χ1v) is 7.54. The van der Waals surface area contributed by atoms with Crippen molar-refractivity contribution in [3.05, 3.63) is 18.0 Å². The second-order valence-corrected chi connectivity index (χ2v) is 5.62. The van der Waals surface area contributed by atoms with Gasteiger partial charge in [-0.1, -0.05) is 6.92 Å². The highest BCUT2D eigenvalue weighted by molar-refractivity contribution is 5.81. The Kier molecular flexibility index (Phi) is 4.81. The number of rotatable bonds is 6. The molecule has 1 saturated carbocycles. The summed E-state index contributed by atoms with van der Waals surface area (Å²) in [5.41, 5.74) is 0.622. The van der Waals surface area contributed by atoms with Crippen LogP contribution in [0.25, 0.3) is 0 Å². The van der Waals surface area contributed by atoms with Gasteiger partial charge in [0.2, 0.25) is 0 Å². The summed E-state index contributed by atoms with van der Waals surface area (Å²) < 4.78 is 7.27. The summed E-state index contributed by atoms with van der Waals surface area (Å²) in [6.45, 7) is 7.26. The zero-order valence-electron chi connectivity index (χ0n) is 12.7. The lowest BCUT2D eigenvalue weighted by atomic mass is 9.97. The Bertz CT molecular complexity index is 458. The fourth-order valence-corrected chi connectivity index (χ4v) is 2.93. The van der Waals surface area contributed by atoms with Crippen molar-refractivity contribution in [1.29, 1.82) is 0 Å². The molecule has 5 heteroatoms. The molecule has 5 nitrogen and oxygen atoms in total. The monoisotopic (exact) mass is 279 g/mol. The third-order valence-corrected chi connectivity index (χ3v) is 3.97. The van der Waals surface area contributed by atoms with Gasteiger partial charge in [-0.05, 0) is 51.6 Å². The predicted molar refractivity (Wildman–Crippen MR) is 77.5 cm³/mol. The zero-order valence-corrected chi connectivity index (χ0v) is 12.7. The first kappa shape index (κ1) is 15.0. The summed E-state index contributed by atoms with van der Waals surface area (Å²) in [7, 11) is 0. The highest BCUT2D eigenvalue weighted by Crippen LogP contribution is 2.38. The van der Waals surface area contributed by atoms with Crippen LogP contribution < -0.4 is 5.32 Å². The van der Waals surface area contributed by atoms with E-state index in [4.69, 9.17) is 4.74 Å². The number of aryl methyl sites for hydroxylation is 1. The zero-order chi connectivity index (χ0) is 14.6. The number of nitrogens with one attached hydrogen (secondary N) is 1. The lowest BCUT2D eigenvalue weighted by Crippen LogP contribution is -2.51. The molecule has 1 aromatic heterocycles. The summed E-state index contributed by atoms with van der Waals surface area (Å²) in [4.78, 5) is 12.3. The van der Waals surface area contributed by atoms with Crippen LogP contribution >= 0.6 is 0 Å². The van der Waals surface area contributed by atoms with Gasteiger partial charge in [0.05, 0.1) is 18.8 Å². The van der Waals surface area contributed by atoms with Crippen molar-refractivity contribution in [3.8, 4) is 0 Å². The number of hydrogen-bond acceptors (Lipinski definition) is 4. The van der Waals surface area contributed by atoms with Gasteiger partial charge < -0.3 is 10.1 Å². The third-order valence-electron chi connectivity index (χ3n) is 3.97. The van der Waals surface area contributed by atoms with E-state index in [0.29, 0.717) is 6.61 Å². The van der Waals surface area contributed by atoms with Crippen LogP contribution in [0.3, 0.4) is 0 Å². The van der Waals surface area contributed by atoms with E-state index < -0.39 is 5.54 Å². The normalized spacial score (nSPS) is 25.9. The molecular formula is C15H25N3O2. The number of nitrogens with zero attached hydrogens (tertiary/aromatic N) is 2. The van der Waals surface area contributed by atoms with Crippen LogP contribution in [0.4, 0.5) is 0 Å². The van der Waals surface area contributed by atoms with Crippen molar-refractivity contribution in [2.24, 2.45) is 0 Å². The maximum atomic E-state index is 12.3. The van der Waals surface area contributed by atoms with E-state index in [-0.39, 0.29) is 12.0 Å². The third kappa shape index (κ3) is 3.03. The molecule has 1 aliphatic rings. The number of aromatic nitrogens is 2. The quantitative estimate of drug-likeness (QED) is 0.811. The summed E-state index contributed by atoms with van der Waals surface area (Å²) in [5.74, 6) is -0.111. The molecule has 112 valence electrons. The molecular weight excluding hydrogens is 254 g/mol. The Morgan fingerprint density at radius 2 is 2.40 bits per heavy atom. The lowest BCUT2D eigenvalue weighted by molar-refractivity contribution is -0.151. The van der Waals surface area contributed by atoms with Crippen molar-refractivity contribution < 1.29 is 9.53 Å². The maximum absolute atomic E-state index is 12.3. The molecule has 1 heterocycles. The van der Waals surface area contributed by atoms with Crippen LogP contribution in [0.15, 0.2) is 12.4 Å². The SMILES string of the molecule is CCCNC1(C(=O)OCC)CCC(n2cc(C)cn2)C1. The molecule has 0 radical (unpaired) electrons. The van der Waals surface area contributed by atoms with E-state index in [1.165, 1.54) is 0 Å². The van der Waals surface area contributed by atoms with Crippen molar-refractivity contribution in [2.75, 3.05) is 13.2 Å². The average molecular weight is 279 g/mol. The van der Waals surface area contributed by atoms with Gasteiger partial charge in [-0.25, -0.2) is 0 Å². The minimum atomic E-state index is -0.531. The Morgan fingerprint density at radius 1 is 1.60 bits per heavy atom. The van der Waals surface area contributed by atoms with Crippen LogP contribution in [0, 0.1) is 6.92 Å². The number of carbonyl (C=O) groups excluding carboxylic acids is 1.